The number of esters is 2. The first-order valence-electron chi connectivity index (χ1n) is 11.1. The molecule has 0 saturated carbocycles. The van der Waals surface area contributed by atoms with Gasteiger partial charge in [-0.15, -0.1) is 0 Å². The van der Waals surface area contributed by atoms with Crippen LogP contribution in [0, 0.1) is 0 Å². The van der Waals surface area contributed by atoms with Gasteiger partial charge in [-0.3, -0.25) is 14.4 Å². The van der Waals surface area contributed by atoms with Crippen molar-refractivity contribution in [1.82, 2.24) is 4.90 Å². The van der Waals surface area contributed by atoms with Crippen LogP contribution >= 0.6 is 0 Å². The van der Waals surface area contributed by atoms with Crippen LogP contribution in [0.1, 0.15) is 62.4 Å². The Bertz CT molecular complexity index is 933. The highest BCUT2D eigenvalue weighted by atomic mass is 19.4. The predicted molar refractivity (Wildman–Crippen MR) is 118 cm³/mol. The van der Waals surface area contributed by atoms with E-state index in [9.17, 15) is 32.3 Å². The lowest BCUT2D eigenvalue weighted by Crippen LogP contribution is -2.46. The number of alkyl halides is 3. The van der Waals surface area contributed by atoms with Crippen molar-refractivity contribution < 1.29 is 37.1 Å². The summed E-state index contributed by atoms with van der Waals surface area (Å²) in [6.07, 6.45) is -2.60. The van der Waals surface area contributed by atoms with Crippen molar-refractivity contribution in [2.24, 2.45) is 5.73 Å². The molecule has 2 amide bonds. The Morgan fingerprint density at radius 2 is 1.79 bits per heavy atom. The monoisotopic (exact) mass is 485 g/mol. The molecule has 1 aliphatic rings. The smallest absolute Gasteiger partial charge is 0.386 e. The second-order valence-corrected chi connectivity index (χ2v) is 8.55. The molecule has 34 heavy (non-hydrogen) atoms. The highest BCUT2D eigenvalue weighted by molar-refractivity contribution is 6.10. The van der Waals surface area contributed by atoms with Gasteiger partial charge in [0.2, 0.25) is 5.91 Å². The minimum absolute atomic E-state index is 0.265. The van der Waals surface area contributed by atoms with E-state index in [1.165, 1.54) is 11.8 Å². The molecule has 8 nitrogen and oxygen atoms in total. The van der Waals surface area contributed by atoms with E-state index in [0.29, 0.717) is 18.7 Å². The van der Waals surface area contributed by atoms with Crippen molar-refractivity contribution >= 4 is 29.4 Å². The van der Waals surface area contributed by atoms with Crippen molar-refractivity contribution in [3.63, 3.8) is 0 Å². The zero-order valence-corrected chi connectivity index (χ0v) is 19.5. The van der Waals surface area contributed by atoms with E-state index < -0.39 is 42.4 Å². The van der Waals surface area contributed by atoms with Gasteiger partial charge < -0.3 is 20.3 Å². The summed E-state index contributed by atoms with van der Waals surface area (Å²) < 4.78 is 41.0. The number of anilines is 1. The van der Waals surface area contributed by atoms with Gasteiger partial charge in [-0.2, -0.15) is 13.2 Å². The van der Waals surface area contributed by atoms with Crippen LogP contribution in [0.4, 0.5) is 18.9 Å². The number of benzene rings is 1. The quantitative estimate of drug-likeness (QED) is 0.327. The van der Waals surface area contributed by atoms with Gasteiger partial charge in [-0.25, -0.2) is 4.79 Å². The molecule has 2 rings (SSSR count). The number of nitrogens with two attached hydrogens (primary N) is 1. The van der Waals surface area contributed by atoms with Gasteiger partial charge in [0.25, 0.3) is 5.91 Å². The average molecular weight is 486 g/mol. The lowest BCUT2D eigenvalue weighted by atomic mass is 10.0. The molecule has 2 N–H and O–H groups in total. The summed E-state index contributed by atoms with van der Waals surface area (Å²) in [5, 5.41) is 0. The molecule has 1 atom stereocenters. The summed E-state index contributed by atoms with van der Waals surface area (Å²) >= 11 is 0. The summed E-state index contributed by atoms with van der Waals surface area (Å²) in [4.78, 5) is 51.9. The first-order valence-corrected chi connectivity index (χ1v) is 11.1. The maximum atomic E-state index is 13.4. The van der Waals surface area contributed by atoms with Crippen LogP contribution in [-0.4, -0.2) is 60.0 Å². The van der Waals surface area contributed by atoms with E-state index >= 15 is 0 Å². The lowest BCUT2D eigenvalue weighted by Gasteiger charge is -2.28. The number of halogens is 3. The van der Waals surface area contributed by atoms with Crippen LogP contribution in [0.5, 0.6) is 0 Å². The average Bonchev–Trinajstić information content (AvgIpc) is 2.84. The Morgan fingerprint density at radius 1 is 1.12 bits per heavy atom. The molecule has 188 valence electrons. The molecule has 0 aromatic heterocycles. The molecule has 1 aliphatic heterocycles. The molecule has 0 aliphatic carbocycles. The maximum Gasteiger partial charge on any atom is 0.491 e. The molecule has 0 fully saturated rings. The van der Waals surface area contributed by atoms with Gasteiger partial charge in [-0.05, 0) is 64.3 Å². The number of carbonyl (C=O) groups excluding carboxylic acids is 4. The highest BCUT2D eigenvalue weighted by Crippen LogP contribution is 2.30. The molecule has 0 saturated heterocycles. The Hall–Kier alpha value is -2.95. The summed E-state index contributed by atoms with van der Waals surface area (Å²) in [7, 11) is 0. The second-order valence-electron chi connectivity index (χ2n) is 8.55. The number of carbonyl (C=O) groups is 4. The Kier molecular flexibility index (Phi) is 9.20. The van der Waals surface area contributed by atoms with Gasteiger partial charge in [0.15, 0.2) is 0 Å². The van der Waals surface area contributed by atoms with E-state index in [1.54, 1.807) is 26.0 Å². The number of unbranched alkanes of at least 4 members (excludes halogenated alkanes) is 2. The summed E-state index contributed by atoms with van der Waals surface area (Å²) in [5.74, 6) is -4.99. The van der Waals surface area contributed by atoms with Gasteiger partial charge >= 0.3 is 18.1 Å². The zero-order chi connectivity index (χ0) is 25.6. The molecule has 1 aromatic rings. The van der Waals surface area contributed by atoms with Crippen LogP contribution in [0.2, 0.25) is 0 Å². The van der Waals surface area contributed by atoms with Crippen LogP contribution in [0.3, 0.4) is 0 Å². The van der Waals surface area contributed by atoms with Crippen molar-refractivity contribution in [2.45, 2.75) is 71.1 Å². The van der Waals surface area contributed by atoms with E-state index in [4.69, 9.17) is 5.73 Å². The van der Waals surface area contributed by atoms with E-state index in [2.05, 4.69) is 4.74 Å². The van der Waals surface area contributed by atoms with Crippen LogP contribution in [0.15, 0.2) is 18.2 Å². The standard InChI is InChI=1S/C23H30F3N3O5/c1-14(2)29-18-9-8-16(7-5-4-6-10-27)12-17(18)21(32)28(13-19(29)30)15(3)11-20(31)34-22(33)23(24,25)26/h8-9,12,14-15H,4-7,10-11,13,27H2,1-3H3. The van der Waals surface area contributed by atoms with Crippen molar-refractivity contribution in [1.29, 1.82) is 0 Å². The van der Waals surface area contributed by atoms with Crippen LogP contribution in [-0.2, 0) is 25.5 Å². The normalized spacial score (nSPS) is 15.3. The molecule has 0 bridgehead atoms. The van der Waals surface area contributed by atoms with Crippen LogP contribution in [0.25, 0.3) is 0 Å². The minimum atomic E-state index is -5.31. The van der Waals surface area contributed by atoms with E-state index in [-0.39, 0.29) is 18.2 Å². The molecular weight excluding hydrogens is 455 g/mol. The van der Waals surface area contributed by atoms with E-state index in [1.807, 2.05) is 6.07 Å². The van der Waals surface area contributed by atoms with E-state index in [0.717, 1.165) is 29.7 Å². The molecule has 1 aromatic carbocycles. The second kappa shape index (κ2) is 11.5. The molecule has 0 spiro atoms. The van der Waals surface area contributed by atoms with Gasteiger partial charge in [0, 0.05) is 12.1 Å². The number of aryl methyl sites for hydroxylation is 1. The maximum absolute atomic E-state index is 13.4. The zero-order valence-electron chi connectivity index (χ0n) is 19.5. The molecule has 1 heterocycles. The number of hydrogen-bond acceptors (Lipinski definition) is 6. The fourth-order valence-electron chi connectivity index (χ4n) is 3.83. The summed E-state index contributed by atoms with van der Waals surface area (Å²) in [5.41, 5.74) is 7.11. The highest BCUT2D eigenvalue weighted by Gasteiger charge is 2.43. The Morgan fingerprint density at radius 3 is 2.38 bits per heavy atom. The third-order valence-corrected chi connectivity index (χ3v) is 5.50. The molecule has 11 heteroatoms. The number of rotatable bonds is 9. The SMILES string of the molecule is CC(CC(=O)OC(=O)C(F)(F)F)N1CC(=O)N(C(C)C)c2ccc(CCCCCN)cc2C1=O. The molecule has 0 radical (unpaired) electrons. The Balaban J connectivity index is 2.30. The number of ether oxygens (including phenoxy) is 1. The van der Waals surface area contributed by atoms with Crippen molar-refractivity contribution in [3.05, 3.63) is 29.3 Å². The first kappa shape index (κ1) is 27.3. The number of hydrogen-bond donors (Lipinski definition) is 1. The fourth-order valence-corrected chi connectivity index (χ4v) is 3.83. The minimum Gasteiger partial charge on any atom is -0.386 e. The van der Waals surface area contributed by atoms with Gasteiger partial charge in [-0.1, -0.05) is 12.5 Å². The lowest BCUT2D eigenvalue weighted by molar-refractivity contribution is -0.202. The van der Waals surface area contributed by atoms with Crippen LogP contribution < -0.4 is 10.6 Å². The predicted octanol–water partition coefficient (Wildman–Crippen LogP) is 2.97. The molecule has 1 unspecified atom stereocenters. The molecular formula is C23H30F3N3O5. The third kappa shape index (κ3) is 6.78. The number of fused-ring (bicyclic) bond motifs is 1. The topological polar surface area (TPSA) is 110 Å². The first-order chi connectivity index (χ1) is 15.9. The summed E-state index contributed by atoms with van der Waals surface area (Å²) in [6, 6.07) is 4.03. The van der Waals surface area contributed by atoms with Crippen molar-refractivity contribution in [2.75, 3.05) is 18.0 Å². The largest absolute Gasteiger partial charge is 0.491 e. The van der Waals surface area contributed by atoms with Gasteiger partial charge in [0.1, 0.15) is 6.54 Å². The number of nitrogens with zero attached hydrogens (tertiary/aromatic N) is 2. The Labute approximate surface area is 196 Å². The van der Waals surface area contributed by atoms with Gasteiger partial charge in [0.05, 0.1) is 17.7 Å². The number of amides is 2. The fraction of sp³-hybridized carbons (Fsp3) is 0.565. The van der Waals surface area contributed by atoms with Crippen molar-refractivity contribution in [3.8, 4) is 0 Å². The summed E-state index contributed by atoms with van der Waals surface area (Å²) in [6.45, 7) is 5.22. The third-order valence-electron chi connectivity index (χ3n) is 5.50.